The lowest BCUT2D eigenvalue weighted by Gasteiger charge is -2.13. The van der Waals surface area contributed by atoms with Crippen LogP contribution in [-0.4, -0.2) is 33.7 Å². The summed E-state index contributed by atoms with van der Waals surface area (Å²) < 4.78 is 0. The second kappa shape index (κ2) is 6.39. The maximum atomic E-state index is 11.8. The first kappa shape index (κ1) is 13.7. The average Bonchev–Trinajstić information content (AvgIpc) is 2.29. The fourth-order valence-electron chi connectivity index (χ4n) is 1.35. The molecule has 1 rings (SSSR count). The summed E-state index contributed by atoms with van der Waals surface area (Å²) in [7, 11) is 0. The topological polar surface area (TPSA) is 69.6 Å². The smallest absolute Gasteiger partial charge is 0.255 e. The molecular weight excluding hydrogens is 238 g/mol. The Labute approximate surface area is 105 Å². The molecule has 94 valence electrons. The second-order valence-electron chi connectivity index (χ2n) is 3.71. The van der Waals surface area contributed by atoms with Gasteiger partial charge in [-0.1, -0.05) is 13.0 Å². The van der Waals surface area contributed by atoms with E-state index < -0.39 is 0 Å². The van der Waals surface area contributed by atoms with Crippen LogP contribution < -0.4 is 5.32 Å². The van der Waals surface area contributed by atoms with E-state index in [1.165, 1.54) is 18.2 Å². The lowest BCUT2D eigenvalue weighted by atomic mass is 10.1. The number of carbonyl (C=O) groups excluding carboxylic acids is 1. The molecule has 1 atom stereocenters. The zero-order valence-corrected chi connectivity index (χ0v) is 10.8. The standard InChI is InChI=1S/C12H17NO3S/c1-3-17-7-8(2)13-12(16)9-5-4-6-10(14)11(9)15/h4-6,8,14-15H,3,7H2,1-2H3,(H,13,16). The molecule has 0 heterocycles. The number of phenols is 2. The average molecular weight is 255 g/mol. The highest BCUT2D eigenvalue weighted by atomic mass is 32.2. The fraction of sp³-hybridized carbons (Fsp3) is 0.417. The summed E-state index contributed by atoms with van der Waals surface area (Å²) in [6, 6.07) is 4.36. The second-order valence-corrected chi connectivity index (χ2v) is 5.03. The first-order valence-corrected chi connectivity index (χ1v) is 6.61. The highest BCUT2D eigenvalue weighted by Crippen LogP contribution is 2.27. The number of nitrogens with one attached hydrogen (secondary N) is 1. The molecule has 0 fully saturated rings. The van der Waals surface area contributed by atoms with Crippen LogP contribution >= 0.6 is 11.8 Å². The Bertz CT molecular complexity index is 395. The summed E-state index contributed by atoms with van der Waals surface area (Å²) in [5, 5.41) is 21.6. The van der Waals surface area contributed by atoms with Crippen LogP contribution in [0.4, 0.5) is 0 Å². The minimum absolute atomic E-state index is 0.0224. The largest absolute Gasteiger partial charge is 0.504 e. The molecule has 0 aliphatic rings. The van der Waals surface area contributed by atoms with Crippen LogP contribution in [0.1, 0.15) is 24.2 Å². The number of rotatable bonds is 5. The molecule has 5 heteroatoms. The zero-order valence-electron chi connectivity index (χ0n) is 9.93. The normalized spacial score (nSPS) is 12.1. The van der Waals surface area contributed by atoms with E-state index in [4.69, 9.17) is 0 Å². The molecule has 1 amide bonds. The molecule has 0 bridgehead atoms. The fourth-order valence-corrected chi connectivity index (χ4v) is 2.02. The minimum Gasteiger partial charge on any atom is -0.504 e. The van der Waals surface area contributed by atoms with E-state index in [0.717, 1.165) is 11.5 Å². The number of aromatic hydroxyl groups is 2. The van der Waals surface area contributed by atoms with Crippen molar-refractivity contribution in [3.8, 4) is 11.5 Å². The quantitative estimate of drug-likeness (QED) is 0.704. The maximum absolute atomic E-state index is 11.8. The summed E-state index contributed by atoms with van der Waals surface area (Å²) in [6.45, 7) is 3.96. The molecular formula is C12H17NO3S. The Morgan fingerprint density at radius 1 is 1.47 bits per heavy atom. The Morgan fingerprint density at radius 3 is 2.82 bits per heavy atom. The number of phenolic OH excluding ortho intramolecular Hbond substituents is 2. The van der Waals surface area contributed by atoms with Crippen molar-refractivity contribution >= 4 is 17.7 Å². The van der Waals surface area contributed by atoms with Gasteiger partial charge in [-0.15, -0.1) is 0 Å². The predicted octanol–water partition coefficient (Wildman–Crippen LogP) is 1.97. The van der Waals surface area contributed by atoms with Gasteiger partial charge in [0.15, 0.2) is 11.5 Å². The van der Waals surface area contributed by atoms with E-state index in [2.05, 4.69) is 12.2 Å². The first-order chi connectivity index (χ1) is 8.06. The SMILES string of the molecule is CCSCC(C)NC(=O)c1cccc(O)c1O. The molecule has 0 saturated heterocycles. The Hall–Kier alpha value is -1.36. The zero-order chi connectivity index (χ0) is 12.8. The van der Waals surface area contributed by atoms with Crippen molar-refractivity contribution in [2.75, 3.05) is 11.5 Å². The van der Waals surface area contributed by atoms with Gasteiger partial charge in [-0.2, -0.15) is 11.8 Å². The van der Waals surface area contributed by atoms with E-state index in [1.54, 1.807) is 11.8 Å². The molecule has 1 aromatic rings. The lowest BCUT2D eigenvalue weighted by Crippen LogP contribution is -2.34. The van der Waals surface area contributed by atoms with Crippen LogP contribution in [0, 0.1) is 0 Å². The highest BCUT2D eigenvalue weighted by Gasteiger charge is 2.15. The van der Waals surface area contributed by atoms with Crippen LogP contribution in [0.5, 0.6) is 11.5 Å². The van der Waals surface area contributed by atoms with E-state index in [0.29, 0.717) is 0 Å². The minimum atomic E-state index is -0.375. The van der Waals surface area contributed by atoms with Crippen molar-refractivity contribution in [2.24, 2.45) is 0 Å². The van der Waals surface area contributed by atoms with Crippen molar-refractivity contribution < 1.29 is 15.0 Å². The van der Waals surface area contributed by atoms with Gasteiger partial charge >= 0.3 is 0 Å². The molecule has 0 aromatic heterocycles. The molecule has 1 unspecified atom stereocenters. The summed E-state index contributed by atoms with van der Waals surface area (Å²) in [5.74, 6) is 0.788. The number of hydrogen-bond donors (Lipinski definition) is 3. The summed E-state index contributed by atoms with van der Waals surface area (Å²) in [4.78, 5) is 11.8. The van der Waals surface area contributed by atoms with E-state index in [9.17, 15) is 15.0 Å². The molecule has 0 aliphatic heterocycles. The number of amides is 1. The van der Waals surface area contributed by atoms with Gasteiger partial charge in [0.25, 0.3) is 5.91 Å². The number of para-hydroxylation sites is 1. The first-order valence-electron chi connectivity index (χ1n) is 5.45. The van der Waals surface area contributed by atoms with Gasteiger partial charge in [-0.3, -0.25) is 4.79 Å². The van der Waals surface area contributed by atoms with Gasteiger partial charge in [-0.05, 0) is 24.8 Å². The number of carbonyl (C=O) groups is 1. The van der Waals surface area contributed by atoms with Crippen molar-refractivity contribution in [3.63, 3.8) is 0 Å². The van der Waals surface area contributed by atoms with Gasteiger partial charge in [0, 0.05) is 11.8 Å². The number of thioether (sulfide) groups is 1. The van der Waals surface area contributed by atoms with Gasteiger partial charge in [-0.25, -0.2) is 0 Å². The highest BCUT2D eigenvalue weighted by molar-refractivity contribution is 7.99. The van der Waals surface area contributed by atoms with Gasteiger partial charge in [0.2, 0.25) is 0 Å². The predicted molar refractivity (Wildman–Crippen MR) is 69.7 cm³/mol. The molecule has 0 radical (unpaired) electrons. The van der Waals surface area contributed by atoms with Crippen LogP contribution in [0.25, 0.3) is 0 Å². The lowest BCUT2D eigenvalue weighted by molar-refractivity contribution is 0.0940. The molecule has 3 N–H and O–H groups in total. The molecule has 0 saturated carbocycles. The summed E-state index contributed by atoms with van der Waals surface area (Å²) in [6.07, 6.45) is 0. The van der Waals surface area contributed by atoms with E-state index >= 15 is 0 Å². The van der Waals surface area contributed by atoms with Crippen LogP contribution in [-0.2, 0) is 0 Å². The summed E-state index contributed by atoms with van der Waals surface area (Å²) in [5.41, 5.74) is 0.0957. The number of hydrogen-bond acceptors (Lipinski definition) is 4. The Kier molecular flexibility index (Phi) is 5.15. The van der Waals surface area contributed by atoms with Crippen LogP contribution in [0.2, 0.25) is 0 Å². The third kappa shape index (κ3) is 3.85. The third-order valence-corrected chi connectivity index (χ3v) is 3.35. The Morgan fingerprint density at radius 2 is 2.18 bits per heavy atom. The maximum Gasteiger partial charge on any atom is 0.255 e. The van der Waals surface area contributed by atoms with Gasteiger partial charge < -0.3 is 15.5 Å². The van der Waals surface area contributed by atoms with Gasteiger partial charge in [0.05, 0.1) is 5.56 Å². The summed E-state index contributed by atoms with van der Waals surface area (Å²) >= 11 is 1.73. The van der Waals surface area contributed by atoms with Crippen molar-refractivity contribution in [1.82, 2.24) is 5.32 Å². The number of benzene rings is 1. The molecule has 4 nitrogen and oxygen atoms in total. The third-order valence-electron chi connectivity index (χ3n) is 2.21. The molecule has 0 aliphatic carbocycles. The van der Waals surface area contributed by atoms with Crippen molar-refractivity contribution in [1.29, 1.82) is 0 Å². The van der Waals surface area contributed by atoms with Crippen molar-refractivity contribution in [2.45, 2.75) is 19.9 Å². The van der Waals surface area contributed by atoms with E-state index in [-0.39, 0.29) is 29.0 Å². The van der Waals surface area contributed by atoms with Crippen LogP contribution in [0.3, 0.4) is 0 Å². The molecule has 17 heavy (non-hydrogen) atoms. The van der Waals surface area contributed by atoms with E-state index in [1.807, 2.05) is 6.92 Å². The monoisotopic (exact) mass is 255 g/mol. The Balaban J connectivity index is 2.67. The van der Waals surface area contributed by atoms with Crippen molar-refractivity contribution in [3.05, 3.63) is 23.8 Å². The van der Waals surface area contributed by atoms with Gasteiger partial charge in [0.1, 0.15) is 0 Å². The van der Waals surface area contributed by atoms with Crippen LogP contribution in [0.15, 0.2) is 18.2 Å². The molecule has 0 spiro atoms. The molecule has 1 aromatic carbocycles.